The first-order valence-electron chi connectivity index (χ1n) is 5.37. The summed E-state index contributed by atoms with van der Waals surface area (Å²) < 4.78 is 2.26. The summed E-state index contributed by atoms with van der Waals surface area (Å²) >= 11 is 6.76. The lowest BCUT2D eigenvalue weighted by molar-refractivity contribution is 0.567. The van der Waals surface area contributed by atoms with Crippen LogP contribution in [0.4, 0.5) is 0 Å². The predicted molar refractivity (Wildman–Crippen MR) is 68.5 cm³/mol. The van der Waals surface area contributed by atoms with Crippen molar-refractivity contribution in [2.24, 2.45) is 11.8 Å². The highest BCUT2D eigenvalue weighted by Gasteiger charge is 2.33. The normalized spacial score (nSPS) is 23.8. The Bertz CT molecular complexity index is 652. The Morgan fingerprint density at radius 3 is 3.12 bits per heavy atom. The van der Waals surface area contributed by atoms with E-state index in [1.54, 1.807) is 4.57 Å². The molecule has 2 unspecified atom stereocenters. The molecule has 0 aromatic carbocycles. The number of aromatic amines is 1. The maximum absolute atomic E-state index is 12.2. The summed E-state index contributed by atoms with van der Waals surface area (Å²) in [5, 5.41) is 2.67. The quantitative estimate of drug-likeness (QED) is 0.835. The van der Waals surface area contributed by atoms with E-state index in [4.69, 9.17) is 12.2 Å². The summed E-state index contributed by atoms with van der Waals surface area (Å²) in [6.45, 7) is 2.98. The lowest BCUT2D eigenvalue weighted by Crippen LogP contribution is -2.22. The molecule has 0 amide bonds. The Labute approximate surface area is 102 Å². The van der Waals surface area contributed by atoms with E-state index in [0.717, 1.165) is 22.7 Å². The van der Waals surface area contributed by atoms with Crippen molar-refractivity contribution in [3.05, 3.63) is 26.6 Å². The molecule has 5 heteroatoms. The van der Waals surface area contributed by atoms with Crippen molar-refractivity contribution in [1.82, 2.24) is 9.55 Å². The van der Waals surface area contributed by atoms with E-state index < -0.39 is 0 Å². The summed E-state index contributed by atoms with van der Waals surface area (Å²) in [6.07, 6.45) is 1.21. The van der Waals surface area contributed by atoms with Gasteiger partial charge in [-0.05, 0) is 41.9 Å². The van der Waals surface area contributed by atoms with E-state index in [1.807, 2.05) is 11.4 Å². The maximum Gasteiger partial charge on any atom is 0.263 e. The van der Waals surface area contributed by atoms with Gasteiger partial charge in [-0.15, -0.1) is 11.3 Å². The minimum Gasteiger partial charge on any atom is -0.323 e. The highest BCUT2D eigenvalue weighted by atomic mass is 32.1. The zero-order valence-electron chi connectivity index (χ0n) is 8.90. The van der Waals surface area contributed by atoms with Gasteiger partial charge in [0.05, 0.1) is 5.39 Å². The fourth-order valence-corrected chi connectivity index (χ4v) is 3.13. The molecule has 2 heterocycles. The third kappa shape index (κ3) is 1.55. The Morgan fingerprint density at radius 1 is 1.69 bits per heavy atom. The third-order valence-electron chi connectivity index (χ3n) is 3.30. The van der Waals surface area contributed by atoms with Gasteiger partial charge in [0.15, 0.2) is 4.77 Å². The summed E-state index contributed by atoms with van der Waals surface area (Å²) in [4.78, 5) is 16.2. The van der Waals surface area contributed by atoms with Gasteiger partial charge in [-0.1, -0.05) is 6.92 Å². The van der Waals surface area contributed by atoms with Gasteiger partial charge in [0, 0.05) is 6.54 Å². The molecule has 3 rings (SSSR count). The minimum atomic E-state index is 0.0547. The van der Waals surface area contributed by atoms with Gasteiger partial charge in [0.2, 0.25) is 0 Å². The number of fused-ring (bicyclic) bond motifs is 1. The van der Waals surface area contributed by atoms with E-state index in [-0.39, 0.29) is 5.56 Å². The van der Waals surface area contributed by atoms with Crippen LogP contribution in [0, 0.1) is 16.6 Å². The Hall–Kier alpha value is -0.940. The molecule has 0 spiro atoms. The van der Waals surface area contributed by atoms with E-state index >= 15 is 0 Å². The maximum atomic E-state index is 12.2. The molecule has 84 valence electrons. The topological polar surface area (TPSA) is 37.8 Å². The van der Waals surface area contributed by atoms with Crippen molar-refractivity contribution >= 4 is 33.8 Å². The molecule has 2 aromatic rings. The molecule has 1 aliphatic carbocycles. The van der Waals surface area contributed by atoms with Crippen molar-refractivity contribution in [2.45, 2.75) is 19.9 Å². The molecule has 2 atom stereocenters. The zero-order valence-corrected chi connectivity index (χ0v) is 10.5. The second-order valence-corrected chi connectivity index (χ2v) is 5.79. The molecule has 1 saturated carbocycles. The van der Waals surface area contributed by atoms with Crippen molar-refractivity contribution in [2.75, 3.05) is 0 Å². The summed E-state index contributed by atoms with van der Waals surface area (Å²) in [7, 11) is 0. The molecule has 16 heavy (non-hydrogen) atoms. The molecule has 3 nitrogen and oxygen atoms in total. The SMILES string of the molecule is CC1CC1Cn1c(=S)[nH]c2sccc2c1=O. The van der Waals surface area contributed by atoms with E-state index in [0.29, 0.717) is 10.7 Å². The van der Waals surface area contributed by atoms with Crippen molar-refractivity contribution in [3.63, 3.8) is 0 Å². The van der Waals surface area contributed by atoms with Crippen LogP contribution in [0.25, 0.3) is 10.2 Å². The number of thiophene rings is 1. The fourth-order valence-electron chi connectivity index (χ4n) is 2.03. The van der Waals surface area contributed by atoms with Crippen LogP contribution < -0.4 is 5.56 Å². The fraction of sp³-hybridized carbons (Fsp3) is 0.455. The standard InChI is InChI=1S/C11H12N2OS2/c1-6-4-7(6)5-13-10(14)8-2-3-16-9(8)12-11(13)15/h2-3,6-7H,4-5H2,1H3,(H,12,15). The monoisotopic (exact) mass is 252 g/mol. The Morgan fingerprint density at radius 2 is 2.44 bits per heavy atom. The largest absolute Gasteiger partial charge is 0.323 e. The van der Waals surface area contributed by atoms with Gasteiger partial charge in [-0.2, -0.15) is 0 Å². The number of H-pyrrole nitrogens is 1. The van der Waals surface area contributed by atoms with Gasteiger partial charge >= 0.3 is 0 Å². The molecule has 2 aromatic heterocycles. The van der Waals surface area contributed by atoms with E-state index in [2.05, 4.69) is 11.9 Å². The smallest absolute Gasteiger partial charge is 0.263 e. The minimum absolute atomic E-state index is 0.0547. The number of hydrogen-bond acceptors (Lipinski definition) is 3. The number of hydrogen-bond donors (Lipinski definition) is 1. The highest BCUT2D eigenvalue weighted by molar-refractivity contribution is 7.71. The van der Waals surface area contributed by atoms with Crippen LogP contribution in [0.1, 0.15) is 13.3 Å². The van der Waals surface area contributed by atoms with Crippen LogP contribution >= 0.6 is 23.6 Å². The molecular weight excluding hydrogens is 240 g/mol. The predicted octanol–water partition coefficient (Wildman–Crippen LogP) is 2.78. The lowest BCUT2D eigenvalue weighted by Gasteiger charge is -2.05. The summed E-state index contributed by atoms with van der Waals surface area (Å²) in [5.74, 6) is 1.36. The van der Waals surface area contributed by atoms with E-state index in [1.165, 1.54) is 17.8 Å². The molecule has 0 aliphatic heterocycles. The van der Waals surface area contributed by atoms with Crippen LogP contribution in [0.15, 0.2) is 16.2 Å². The molecule has 0 saturated heterocycles. The average Bonchev–Trinajstić information content (AvgIpc) is 2.76. The second kappa shape index (κ2) is 3.53. The van der Waals surface area contributed by atoms with Gasteiger partial charge in [-0.25, -0.2) is 0 Å². The third-order valence-corrected chi connectivity index (χ3v) is 4.45. The Kier molecular flexibility index (Phi) is 2.26. The summed E-state index contributed by atoms with van der Waals surface area (Å²) in [5.41, 5.74) is 0.0547. The zero-order chi connectivity index (χ0) is 11.3. The molecular formula is C11H12N2OS2. The van der Waals surface area contributed by atoms with Gasteiger partial charge in [0.25, 0.3) is 5.56 Å². The van der Waals surface area contributed by atoms with Crippen LogP contribution in [-0.4, -0.2) is 9.55 Å². The first-order chi connectivity index (χ1) is 7.66. The molecule has 0 radical (unpaired) electrons. The van der Waals surface area contributed by atoms with Crippen molar-refractivity contribution in [3.8, 4) is 0 Å². The van der Waals surface area contributed by atoms with Crippen molar-refractivity contribution < 1.29 is 0 Å². The van der Waals surface area contributed by atoms with Crippen LogP contribution in [0.5, 0.6) is 0 Å². The van der Waals surface area contributed by atoms with Gasteiger partial charge < -0.3 is 4.98 Å². The lowest BCUT2D eigenvalue weighted by atomic mass is 10.3. The number of rotatable bonds is 2. The van der Waals surface area contributed by atoms with Crippen LogP contribution in [0.2, 0.25) is 0 Å². The molecule has 1 aliphatic rings. The first-order valence-corrected chi connectivity index (χ1v) is 6.66. The average molecular weight is 252 g/mol. The molecule has 1 fully saturated rings. The second-order valence-electron chi connectivity index (χ2n) is 4.48. The molecule has 1 N–H and O–H groups in total. The number of nitrogens with one attached hydrogen (secondary N) is 1. The number of aromatic nitrogens is 2. The summed E-state index contributed by atoms with van der Waals surface area (Å²) in [6, 6.07) is 1.86. The molecule has 0 bridgehead atoms. The van der Waals surface area contributed by atoms with Crippen molar-refractivity contribution in [1.29, 1.82) is 0 Å². The Balaban J connectivity index is 2.15. The van der Waals surface area contributed by atoms with E-state index in [9.17, 15) is 4.79 Å². The van der Waals surface area contributed by atoms with Crippen LogP contribution in [0.3, 0.4) is 0 Å². The highest BCUT2D eigenvalue weighted by Crippen LogP contribution is 2.38. The number of nitrogens with zero attached hydrogens (tertiary/aromatic N) is 1. The van der Waals surface area contributed by atoms with Gasteiger partial charge in [0.1, 0.15) is 4.83 Å². The van der Waals surface area contributed by atoms with Gasteiger partial charge in [-0.3, -0.25) is 9.36 Å². The van der Waals surface area contributed by atoms with Crippen LogP contribution in [-0.2, 0) is 6.54 Å². The first kappa shape index (κ1) is 10.2.